The number of aromatic nitrogens is 1. The SMILES string of the molecule is Cc1nc(NCCc2ccccc2)sc1N(C)C. The Morgan fingerprint density at radius 2 is 1.94 bits per heavy atom. The van der Waals surface area contributed by atoms with E-state index in [2.05, 4.69) is 39.5 Å². The smallest absolute Gasteiger partial charge is 0.184 e. The van der Waals surface area contributed by atoms with Crippen molar-refractivity contribution < 1.29 is 0 Å². The van der Waals surface area contributed by atoms with Gasteiger partial charge in [-0.1, -0.05) is 41.7 Å². The van der Waals surface area contributed by atoms with E-state index in [-0.39, 0.29) is 0 Å². The molecule has 18 heavy (non-hydrogen) atoms. The van der Waals surface area contributed by atoms with Crippen LogP contribution in [0.5, 0.6) is 0 Å². The van der Waals surface area contributed by atoms with E-state index in [1.165, 1.54) is 10.6 Å². The van der Waals surface area contributed by atoms with Crippen molar-refractivity contribution in [3.05, 3.63) is 41.6 Å². The Morgan fingerprint density at radius 1 is 1.22 bits per heavy atom. The molecule has 1 aromatic heterocycles. The number of anilines is 2. The van der Waals surface area contributed by atoms with Crippen molar-refractivity contribution in [3.63, 3.8) is 0 Å². The monoisotopic (exact) mass is 261 g/mol. The van der Waals surface area contributed by atoms with Gasteiger partial charge in [-0.25, -0.2) is 4.98 Å². The van der Waals surface area contributed by atoms with Gasteiger partial charge in [0, 0.05) is 20.6 Å². The number of thiazole rings is 1. The summed E-state index contributed by atoms with van der Waals surface area (Å²) < 4.78 is 0. The molecule has 2 rings (SSSR count). The van der Waals surface area contributed by atoms with E-state index in [4.69, 9.17) is 0 Å². The summed E-state index contributed by atoms with van der Waals surface area (Å²) in [4.78, 5) is 6.64. The molecule has 0 spiro atoms. The Kier molecular flexibility index (Phi) is 4.20. The second kappa shape index (κ2) is 5.87. The second-order valence-electron chi connectivity index (χ2n) is 4.47. The highest BCUT2D eigenvalue weighted by atomic mass is 32.1. The minimum atomic E-state index is 0.920. The number of aryl methyl sites for hydroxylation is 1. The van der Waals surface area contributed by atoms with Crippen LogP contribution in [0.1, 0.15) is 11.3 Å². The fourth-order valence-electron chi connectivity index (χ4n) is 1.84. The van der Waals surface area contributed by atoms with Crippen LogP contribution in [0.3, 0.4) is 0 Å². The van der Waals surface area contributed by atoms with Crippen LogP contribution >= 0.6 is 11.3 Å². The maximum absolute atomic E-state index is 4.53. The first kappa shape index (κ1) is 12.9. The highest BCUT2D eigenvalue weighted by Gasteiger charge is 2.08. The minimum absolute atomic E-state index is 0.920. The van der Waals surface area contributed by atoms with E-state index in [0.29, 0.717) is 0 Å². The highest BCUT2D eigenvalue weighted by molar-refractivity contribution is 7.19. The third-order valence-electron chi connectivity index (χ3n) is 2.71. The molecule has 2 aromatic rings. The molecule has 0 aliphatic carbocycles. The third kappa shape index (κ3) is 3.23. The van der Waals surface area contributed by atoms with Gasteiger partial charge < -0.3 is 10.2 Å². The Hall–Kier alpha value is -1.55. The van der Waals surface area contributed by atoms with Crippen LogP contribution < -0.4 is 10.2 Å². The first-order valence-corrected chi connectivity index (χ1v) is 6.91. The average molecular weight is 261 g/mol. The molecule has 0 aliphatic rings. The molecular weight excluding hydrogens is 242 g/mol. The van der Waals surface area contributed by atoms with Crippen molar-refractivity contribution in [1.82, 2.24) is 4.98 Å². The molecule has 96 valence electrons. The van der Waals surface area contributed by atoms with Gasteiger partial charge in [-0.2, -0.15) is 0 Å². The van der Waals surface area contributed by atoms with Crippen molar-refractivity contribution in [2.45, 2.75) is 13.3 Å². The maximum atomic E-state index is 4.53. The molecular formula is C14H19N3S. The van der Waals surface area contributed by atoms with Crippen molar-refractivity contribution in [2.24, 2.45) is 0 Å². The Labute approximate surface area is 112 Å². The van der Waals surface area contributed by atoms with Gasteiger partial charge in [0.05, 0.1) is 5.69 Å². The predicted octanol–water partition coefficient (Wildman–Crippen LogP) is 3.17. The largest absolute Gasteiger partial charge is 0.368 e. The molecule has 0 radical (unpaired) electrons. The number of rotatable bonds is 5. The van der Waals surface area contributed by atoms with Crippen LogP contribution in [-0.4, -0.2) is 25.6 Å². The van der Waals surface area contributed by atoms with Crippen LogP contribution in [0.2, 0.25) is 0 Å². The fraction of sp³-hybridized carbons (Fsp3) is 0.357. The lowest BCUT2D eigenvalue weighted by molar-refractivity contribution is 1.01. The van der Waals surface area contributed by atoms with Gasteiger partial charge in [-0.15, -0.1) is 0 Å². The maximum Gasteiger partial charge on any atom is 0.184 e. The van der Waals surface area contributed by atoms with E-state index >= 15 is 0 Å². The quantitative estimate of drug-likeness (QED) is 0.896. The molecule has 0 unspecified atom stereocenters. The van der Waals surface area contributed by atoms with E-state index in [1.54, 1.807) is 11.3 Å². The van der Waals surface area contributed by atoms with Crippen molar-refractivity contribution in [2.75, 3.05) is 30.9 Å². The number of hydrogen-bond acceptors (Lipinski definition) is 4. The molecule has 0 fully saturated rings. The van der Waals surface area contributed by atoms with Crippen LogP contribution in [0.4, 0.5) is 10.1 Å². The number of nitrogens with one attached hydrogen (secondary N) is 1. The molecule has 1 heterocycles. The lowest BCUT2D eigenvalue weighted by atomic mass is 10.2. The van der Waals surface area contributed by atoms with E-state index in [0.717, 1.165) is 23.8 Å². The summed E-state index contributed by atoms with van der Waals surface area (Å²) in [6.07, 6.45) is 1.02. The summed E-state index contributed by atoms with van der Waals surface area (Å²) in [5.74, 6) is 0. The average Bonchev–Trinajstić information content (AvgIpc) is 2.72. The van der Waals surface area contributed by atoms with E-state index < -0.39 is 0 Å². The topological polar surface area (TPSA) is 28.2 Å². The van der Waals surface area contributed by atoms with E-state index in [1.807, 2.05) is 27.1 Å². The number of nitrogens with zero attached hydrogens (tertiary/aromatic N) is 2. The van der Waals surface area contributed by atoms with E-state index in [9.17, 15) is 0 Å². The number of hydrogen-bond donors (Lipinski definition) is 1. The summed E-state index contributed by atoms with van der Waals surface area (Å²) >= 11 is 1.71. The molecule has 1 aromatic carbocycles. The van der Waals surface area contributed by atoms with Crippen LogP contribution in [0, 0.1) is 6.92 Å². The number of benzene rings is 1. The third-order valence-corrected chi connectivity index (χ3v) is 3.99. The molecule has 0 aliphatic heterocycles. The zero-order valence-electron chi connectivity index (χ0n) is 11.1. The standard InChI is InChI=1S/C14H19N3S/c1-11-13(17(2)3)18-14(16-11)15-10-9-12-7-5-4-6-8-12/h4-8H,9-10H2,1-3H3,(H,15,16). The zero-order valence-corrected chi connectivity index (χ0v) is 11.9. The van der Waals surface area contributed by atoms with Gasteiger partial charge in [-0.3, -0.25) is 0 Å². The summed E-state index contributed by atoms with van der Waals surface area (Å²) in [6.45, 7) is 2.97. The fourth-order valence-corrected chi connectivity index (χ4v) is 2.75. The van der Waals surface area contributed by atoms with Gasteiger partial charge in [0.15, 0.2) is 5.13 Å². The van der Waals surface area contributed by atoms with Gasteiger partial charge in [0.1, 0.15) is 5.00 Å². The molecule has 0 saturated heterocycles. The molecule has 0 saturated carbocycles. The van der Waals surface area contributed by atoms with Crippen LogP contribution in [0.25, 0.3) is 0 Å². The van der Waals surface area contributed by atoms with Crippen molar-refractivity contribution >= 4 is 21.5 Å². The summed E-state index contributed by atoms with van der Waals surface area (Å²) in [5, 5.41) is 5.62. The normalized spacial score (nSPS) is 10.4. The first-order chi connectivity index (χ1) is 8.66. The van der Waals surface area contributed by atoms with Gasteiger partial charge in [0.25, 0.3) is 0 Å². The van der Waals surface area contributed by atoms with Crippen LogP contribution in [0.15, 0.2) is 30.3 Å². The zero-order chi connectivity index (χ0) is 13.0. The molecule has 3 nitrogen and oxygen atoms in total. The lowest BCUT2D eigenvalue weighted by Crippen LogP contribution is -2.07. The van der Waals surface area contributed by atoms with Gasteiger partial charge in [-0.05, 0) is 18.9 Å². The molecule has 1 N–H and O–H groups in total. The highest BCUT2D eigenvalue weighted by Crippen LogP contribution is 2.29. The Morgan fingerprint density at radius 3 is 2.56 bits per heavy atom. The molecule has 4 heteroatoms. The Bertz CT molecular complexity index is 491. The predicted molar refractivity (Wildman–Crippen MR) is 79.8 cm³/mol. The van der Waals surface area contributed by atoms with Crippen LogP contribution in [-0.2, 0) is 6.42 Å². The minimum Gasteiger partial charge on any atom is -0.368 e. The van der Waals surface area contributed by atoms with Gasteiger partial charge in [0.2, 0.25) is 0 Å². The first-order valence-electron chi connectivity index (χ1n) is 6.09. The van der Waals surface area contributed by atoms with Crippen molar-refractivity contribution in [3.8, 4) is 0 Å². The molecule has 0 bridgehead atoms. The molecule has 0 amide bonds. The Balaban J connectivity index is 1.89. The summed E-state index contributed by atoms with van der Waals surface area (Å²) in [6, 6.07) is 10.5. The summed E-state index contributed by atoms with van der Waals surface area (Å²) in [7, 11) is 4.10. The summed E-state index contributed by atoms with van der Waals surface area (Å²) in [5.41, 5.74) is 2.44. The second-order valence-corrected chi connectivity index (χ2v) is 5.44. The molecule has 0 atom stereocenters. The van der Waals surface area contributed by atoms with Crippen molar-refractivity contribution in [1.29, 1.82) is 0 Å². The lowest BCUT2D eigenvalue weighted by Gasteiger charge is -2.08. The van der Waals surface area contributed by atoms with Gasteiger partial charge >= 0.3 is 0 Å².